The van der Waals surface area contributed by atoms with Gasteiger partial charge < -0.3 is 14.7 Å². The molecule has 0 aromatic rings. The molecular weight excluding hydrogens is 338 g/mol. The molecule has 27 heavy (non-hydrogen) atoms. The number of carboxylic acids is 1. The molecule has 0 heterocycles. The number of nitrogens with zero attached hydrogens (tertiary/aromatic N) is 1. The van der Waals surface area contributed by atoms with Crippen LogP contribution in [0.3, 0.4) is 0 Å². The van der Waals surface area contributed by atoms with E-state index in [-0.39, 0.29) is 12.6 Å². The molecule has 0 bridgehead atoms. The maximum atomic E-state index is 10.8. The maximum absolute atomic E-state index is 10.8. The standard InChI is InChI=1S/C23H47NO3/c1-4-5-6-7-8-9-10-11-12-13-14-15-16-17-18-19-22(25)20-24(2,3)21-23(26)27/h22,25H,4-21H2,1-3H3/p+1. The average molecular weight is 387 g/mol. The van der Waals surface area contributed by atoms with Crippen LogP contribution >= 0.6 is 0 Å². The Bertz CT molecular complexity index is 345. The highest BCUT2D eigenvalue weighted by molar-refractivity contribution is 5.67. The van der Waals surface area contributed by atoms with Crippen molar-refractivity contribution in [3.63, 3.8) is 0 Å². The maximum Gasteiger partial charge on any atom is 0.359 e. The molecule has 2 N–H and O–H groups in total. The van der Waals surface area contributed by atoms with Gasteiger partial charge in [-0.2, -0.15) is 0 Å². The van der Waals surface area contributed by atoms with Gasteiger partial charge in [0.05, 0.1) is 14.1 Å². The first-order valence-electron chi connectivity index (χ1n) is 11.6. The summed E-state index contributed by atoms with van der Waals surface area (Å²) in [4.78, 5) is 10.8. The second kappa shape index (κ2) is 17.5. The Hall–Kier alpha value is -0.610. The molecule has 0 saturated heterocycles. The summed E-state index contributed by atoms with van der Waals surface area (Å²) in [6.45, 7) is 2.86. The van der Waals surface area contributed by atoms with Crippen molar-refractivity contribution in [1.82, 2.24) is 0 Å². The first-order valence-corrected chi connectivity index (χ1v) is 11.6. The van der Waals surface area contributed by atoms with Crippen LogP contribution in [0.15, 0.2) is 0 Å². The second-order valence-electron chi connectivity index (χ2n) is 9.06. The van der Waals surface area contributed by atoms with Crippen LogP contribution in [-0.2, 0) is 4.79 Å². The molecule has 0 aliphatic heterocycles. The molecule has 0 saturated carbocycles. The highest BCUT2D eigenvalue weighted by Gasteiger charge is 2.23. The van der Waals surface area contributed by atoms with Gasteiger partial charge in [0.1, 0.15) is 12.6 Å². The predicted molar refractivity (Wildman–Crippen MR) is 115 cm³/mol. The molecule has 0 aromatic carbocycles. The number of aliphatic carboxylic acids is 1. The number of aliphatic hydroxyl groups excluding tert-OH is 1. The second-order valence-corrected chi connectivity index (χ2v) is 9.06. The summed E-state index contributed by atoms with van der Waals surface area (Å²) in [7, 11) is 3.73. The largest absolute Gasteiger partial charge is 0.477 e. The molecule has 0 amide bonds. The van der Waals surface area contributed by atoms with Crippen molar-refractivity contribution >= 4 is 5.97 Å². The fraction of sp³-hybridized carbons (Fsp3) is 0.957. The lowest BCUT2D eigenvalue weighted by atomic mass is 10.0. The van der Waals surface area contributed by atoms with E-state index in [1.807, 2.05) is 14.1 Å². The summed E-state index contributed by atoms with van der Waals surface area (Å²) in [6, 6.07) is 0. The van der Waals surface area contributed by atoms with Gasteiger partial charge in [-0.15, -0.1) is 0 Å². The van der Waals surface area contributed by atoms with Crippen LogP contribution < -0.4 is 0 Å². The first-order chi connectivity index (χ1) is 12.9. The third-order valence-corrected chi connectivity index (χ3v) is 5.41. The van der Waals surface area contributed by atoms with Gasteiger partial charge in [-0.25, -0.2) is 4.79 Å². The third kappa shape index (κ3) is 19.9. The van der Waals surface area contributed by atoms with E-state index in [4.69, 9.17) is 5.11 Å². The molecular formula is C23H48NO3+. The van der Waals surface area contributed by atoms with Crippen molar-refractivity contribution in [2.75, 3.05) is 27.2 Å². The van der Waals surface area contributed by atoms with E-state index in [0.29, 0.717) is 11.0 Å². The molecule has 0 rings (SSSR count). The van der Waals surface area contributed by atoms with E-state index < -0.39 is 5.97 Å². The minimum atomic E-state index is -0.806. The lowest BCUT2D eigenvalue weighted by Gasteiger charge is -2.30. The monoisotopic (exact) mass is 386 g/mol. The quantitative estimate of drug-likeness (QED) is 0.206. The number of carbonyl (C=O) groups is 1. The number of quaternary nitrogens is 1. The number of likely N-dealkylation sites (N-methyl/N-ethyl adjacent to an activating group) is 1. The minimum Gasteiger partial charge on any atom is -0.477 e. The van der Waals surface area contributed by atoms with Crippen molar-refractivity contribution in [1.29, 1.82) is 0 Å². The van der Waals surface area contributed by atoms with E-state index in [2.05, 4.69) is 6.92 Å². The Balaban J connectivity index is 3.32. The Labute approximate surface area is 168 Å². The zero-order chi connectivity index (χ0) is 20.4. The third-order valence-electron chi connectivity index (χ3n) is 5.41. The number of hydrogen-bond acceptors (Lipinski definition) is 2. The highest BCUT2D eigenvalue weighted by atomic mass is 16.4. The zero-order valence-corrected chi connectivity index (χ0v) is 18.6. The summed E-state index contributed by atoms with van der Waals surface area (Å²) < 4.78 is 0.342. The van der Waals surface area contributed by atoms with E-state index in [1.165, 1.54) is 89.9 Å². The van der Waals surface area contributed by atoms with Gasteiger partial charge in [-0.1, -0.05) is 103 Å². The van der Waals surface area contributed by atoms with Crippen LogP contribution in [0.4, 0.5) is 0 Å². The van der Waals surface area contributed by atoms with E-state index in [0.717, 1.165) is 12.8 Å². The first kappa shape index (κ1) is 26.4. The Morgan fingerprint density at radius 1 is 0.741 bits per heavy atom. The molecule has 1 unspecified atom stereocenters. The van der Waals surface area contributed by atoms with E-state index in [1.54, 1.807) is 0 Å². The summed E-state index contributed by atoms with van der Waals surface area (Å²) in [5.41, 5.74) is 0. The van der Waals surface area contributed by atoms with Gasteiger partial charge in [0.25, 0.3) is 0 Å². The molecule has 0 aliphatic carbocycles. The molecule has 4 nitrogen and oxygen atoms in total. The van der Waals surface area contributed by atoms with Gasteiger partial charge >= 0.3 is 5.97 Å². The van der Waals surface area contributed by atoms with Crippen molar-refractivity contribution in [2.24, 2.45) is 0 Å². The average Bonchev–Trinajstić information content (AvgIpc) is 2.56. The fourth-order valence-corrected chi connectivity index (χ4v) is 3.84. The Morgan fingerprint density at radius 3 is 1.48 bits per heavy atom. The number of rotatable bonds is 20. The molecule has 0 spiro atoms. The van der Waals surface area contributed by atoms with E-state index in [9.17, 15) is 9.90 Å². The summed E-state index contributed by atoms with van der Waals surface area (Å²) >= 11 is 0. The van der Waals surface area contributed by atoms with Crippen LogP contribution in [0.2, 0.25) is 0 Å². The van der Waals surface area contributed by atoms with Crippen molar-refractivity contribution in [3.05, 3.63) is 0 Å². The smallest absolute Gasteiger partial charge is 0.359 e. The van der Waals surface area contributed by atoms with Crippen LogP contribution in [0.25, 0.3) is 0 Å². The van der Waals surface area contributed by atoms with Crippen LogP contribution in [0.5, 0.6) is 0 Å². The van der Waals surface area contributed by atoms with Gasteiger partial charge in [-0.3, -0.25) is 0 Å². The predicted octanol–water partition coefficient (Wildman–Crippen LogP) is 5.77. The molecule has 4 heteroatoms. The number of carboxylic acid groups (broad SMARTS) is 1. The van der Waals surface area contributed by atoms with Crippen molar-refractivity contribution in [3.8, 4) is 0 Å². The van der Waals surface area contributed by atoms with Crippen molar-refractivity contribution < 1.29 is 19.5 Å². The van der Waals surface area contributed by atoms with Gasteiger partial charge in [0.2, 0.25) is 0 Å². The molecule has 162 valence electrons. The summed E-state index contributed by atoms with van der Waals surface area (Å²) in [5, 5.41) is 19.0. The lowest BCUT2D eigenvalue weighted by Crippen LogP contribution is -2.48. The SMILES string of the molecule is CCCCCCCCCCCCCCCCCC(O)C[N+](C)(C)CC(=O)O. The van der Waals surface area contributed by atoms with E-state index >= 15 is 0 Å². The van der Waals surface area contributed by atoms with Crippen LogP contribution in [0, 0.1) is 0 Å². The molecule has 0 radical (unpaired) electrons. The molecule has 1 atom stereocenters. The Kier molecular flexibility index (Phi) is 17.1. The lowest BCUT2D eigenvalue weighted by molar-refractivity contribution is -0.886. The van der Waals surface area contributed by atoms with Crippen LogP contribution in [-0.4, -0.2) is 54.0 Å². The topological polar surface area (TPSA) is 57.5 Å². The number of hydrogen-bond donors (Lipinski definition) is 2. The van der Waals surface area contributed by atoms with Crippen molar-refractivity contribution in [2.45, 2.75) is 116 Å². The number of unbranched alkanes of at least 4 members (excludes halogenated alkanes) is 14. The van der Waals surface area contributed by atoms with Gasteiger partial charge in [0.15, 0.2) is 6.54 Å². The minimum absolute atomic E-state index is 0.0654. The number of aliphatic hydroxyl groups is 1. The van der Waals surface area contributed by atoms with Gasteiger partial charge in [-0.05, 0) is 6.42 Å². The highest BCUT2D eigenvalue weighted by Crippen LogP contribution is 2.14. The summed E-state index contributed by atoms with van der Waals surface area (Å²) in [5.74, 6) is -0.806. The normalized spacial score (nSPS) is 13.0. The fourth-order valence-electron chi connectivity index (χ4n) is 3.84. The molecule has 0 fully saturated rings. The summed E-state index contributed by atoms with van der Waals surface area (Å²) in [6.07, 6.45) is 20.6. The van der Waals surface area contributed by atoms with Crippen LogP contribution in [0.1, 0.15) is 110 Å². The molecule has 0 aliphatic rings. The van der Waals surface area contributed by atoms with Gasteiger partial charge in [0, 0.05) is 0 Å². The molecule has 0 aromatic heterocycles. The Morgan fingerprint density at radius 2 is 1.11 bits per heavy atom. The zero-order valence-electron chi connectivity index (χ0n) is 18.6.